The van der Waals surface area contributed by atoms with E-state index in [0.717, 1.165) is 30.1 Å². The lowest BCUT2D eigenvalue weighted by molar-refractivity contribution is 0.177. The zero-order valence-electron chi connectivity index (χ0n) is 9.71. The average molecular weight is 209 g/mol. The third-order valence-corrected chi connectivity index (χ3v) is 2.37. The van der Waals surface area contributed by atoms with Gasteiger partial charge >= 0.3 is 0 Å². The Morgan fingerprint density at radius 1 is 1.20 bits per heavy atom. The van der Waals surface area contributed by atoms with Crippen LogP contribution in [0.4, 0.5) is 0 Å². The monoisotopic (exact) mass is 209 g/mol. The van der Waals surface area contributed by atoms with E-state index in [1.165, 1.54) is 5.56 Å². The standard InChI is InChI=1S/C11H19N3O/c1-8-10(5-4-6-12)9(2)14-11(13-8)7-15-3/h4-7,12H2,1-3H3. The van der Waals surface area contributed by atoms with Crippen molar-refractivity contribution in [1.82, 2.24) is 9.97 Å². The third-order valence-electron chi connectivity index (χ3n) is 2.37. The van der Waals surface area contributed by atoms with Crippen LogP contribution in [0.2, 0.25) is 0 Å². The predicted molar refractivity (Wildman–Crippen MR) is 59.6 cm³/mol. The number of hydrogen-bond donors (Lipinski definition) is 1. The highest BCUT2D eigenvalue weighted by atomic mass is 16.5. The molecule has 1 heterocycles. The molecule has 1 aromatic heterocycles. The number of rotatable bonds is 5. The van der Waals surface area contributed by atoms with E-state index >= 15 is 0 Å². The maximum Gasteiger partial charge on any atom is 0.154 e. The van der Waals surface area contributed by atoms with Crippen molar-refractivity contribution in [3.05, 3.63) is 22.8 Å². The quantitative estimate of drug-likeness (QED) is 0.789. The van der Waals surface area contributed by atoms with Gasteiger partial charge < -0.3 is 10.5 Å². The van der Waals surface area contributed by atoms with Crippen LogP contribution in [0.5, 0.6) is 0 Å². The first-order chi connectivity index (χ1) is 7.19. The Hall–Kier alpha value is -1.00. The van der Waals surface area contributed by atoms with Gasteiger partial charge in [-0.25, -0.2) is 9.97 Å². The Morgan fingerprint density at radius 2 is 1.80 bits per heavy atom. The first-order valence-corrected chi connectivity index (χ1v) is 5.21. The molecule has 0 unspecified atom stereocenters. The third kappa shape index (κ3) is 3.25. The van der Waals surface area contributed by atoms with Crippen LogP contribution in [0.25, 0.3) is 0 Å². The smallest absolute Gasteiger partial charge is 0.154 e. The zero-order valence-corrected chi connectivity index (χ0v) is 9.71. The summed E-state index contributed by atoms with van der Waals surface area (Å²) in [7, 11) is 1.65. The molecule has 1 rings (SSSR count). The normalized spacial score (nSPS) is 10.7. The minimum atomic E-state index is 0.471. The lowest BCUT2D eigenvalue weighted by Gasteiger charge is -2.09. The number of aromatic nitrogens is 2. The SMILES string of the molecule is COCc1nc(C)c(CCCN)c(C)n1. The summed E-state index contributed by atoms with van der Waals surface area (Å²) in [5, 5.41) is 0. The van der Waals surface area contributed by atoms with Crippen molar-refractivity contribution < 1.29 is 4.74 Å². The summed E-state index contributed by atoms with van der Waals surface area (Å²) in [5.74, 6) is 0.754. The van der Waals surface area contributed by atoms with Crippen molar-refractivity contribution in [2.24, 2.45) is 5.73 Å². The minimum absolute atomic E-state index is 0.471. The average Bonchev–Trinajstić information content (AvgIpc) is 2.17. The molecule has 4 heteroatoms. The fourth-order valence-electron chi connectivity index (χ4n) is 1.64. The molecule has 0 radical (unpaired) electrons. The summed E-state index contributed by atoms with van der Waals surface area (Å²) in [5.41, 5.74) is 8.80. The highest BCUT2D eigenvalue weighted by Gasteiger charge is 2.07. The Labute approximate surface area is 90.9 Å². The lowest BCUT2D eigenvalue weighted by Crippen LogP contribution is -2.08. The van der Waals surface area contributed by atoms with E-state index in [1.54, 1.807) is 7.11 Å². The number of ether oxygens (including phenoxy) is 1. The van der Waals surface area contributed by atoms with E-state index in [9.17, 15) is 0 Å². The van der Waals surface area contributed by atoms with Gasteiger partial charge in [-0.3, -0.25) is 0 Å². The topological polar surface area (TPSA) is 61.0 Å². The first kappa shape index (κ1) is 12.1. The van der Waals surface area contributed by atoms with E-state index in [0.29, 0.717) is 13.2 Å². The fourth-order valence-corrected chi connectivity index (χ4v) is 1.64. The maximum absolute atomic E-state index is 5.49. The molecule has 0 saturated carbocycles. The summed E-state index contributed by atoms with van der Waals surface area (Å²) in [6.45, 7) is 5.21. The van der Waals surface area contributed by atoms with Gasteiger partial charge in [0.15, 0.2) is 5.82 Å². The largest absolute Gasteiger partial charge is 0.377 e. The summed E-state index contributed by atoms with van der Waals surface area (Å²) in [6.07, 6.45) is 1.94. The summed E-state index contributed by atoms with van der Waals surface area (Å²) in [6, 6.07) is 0. The molecule has 0 fully saturated rings. The molecule has 0 saturated heterocycles. The molecule has 0 aromatic carbocycles. The van der Waals surface area contributed by atoms with Gasteiger partial charge in [0.2, 0.25) is 0 Å². The highest BCUT2D eigenvalue weighted by molar-refractivity contribution is 5.24. The molecule has 0 aliphatic carbocycles. The van der Waals surface area contributed by atoms with E-state index in [4.69, 9.17) is 10.5 Å². The molecule has 0 aliphatic rings. The predicted octanol–water partition coefficient (Wildman–Crippen LogP) is 1.13. The molecule has 0 spiro atoms. The van der Waals surface area contributed by atoms with Crippen molar-refractivity contribution in [1.29, 1.82) is 0 Å². The van der Waals surface area contributed by atoms with Crippen molar-refractivity contribution in [2.75, 3.05) is 13.7 Å². The second-order valence-corrected chi connectivity index (χ2v) is 3.61. The second kappa shape index (κ2) is 5.78. The lowest BCUT2D eigenvalue weighted by atomic mass is 10.1. The summed E-state index contributed by atoms with van der Waals surface area (Å²) >= 11 is 0. The van der Waals surface area contributed by atoms with E-state index in [1.807, 2.05) is 13.8 Å². The Balaban J connectivity index is 2.88. The Kier molecular flexibility index (Phi) is 4.65. The number of nitrogens with two attached hydrogens (primary N) is 1. The molecular formula is C11H19N3O. The highest BCUT2D eigenvalue weighted by Crippen LogP contribution is 2.12. The van der Waals surface area contributed by atoms with Gasteiger partial charge in [0, 0.05) is 18.5 Å². The Morgan fingerprint density at radius 3 is 2.27 bits per heavy atom. The maximum atomic E-state index is 5.49. The van der Waals surface area contributed by atoms with Crippen LogP contribution in [0.1, 0.15) is 29.2 Å². The van der Waals surface area contributed by atoms with Gasteiger partial charge in [-0.2, -0.15) is 0 Å². The minimum Gasteiger partial charge on any atom is -0.377 e. The van der Waals surface area contributed by atoms with Gasteiger partial charge in [-0.1, -0.05) is 0 Å². The van der Waals surface area contributed by atoms with Crippen LogP contribution in [0.15, 0.2) is 0 Å². The molecule has 84 valence electrons. The van der Waals surface area contributed by atoms with Crippen LogP contribution >= 0.6 is 0 Å². The van der Waals surface area contributed by atoms with Crippen molar-refractivity contribution in [3.8, 4) is 0 Å². The molecule has 0 amide bonds. The van der Waals surface area contributed by atoms with E-state index < -0.39 is 0 Å². The molecule has 0 aliphatic heterocycles. The molecule has 1 aromatic rings. The molecule has 15 heavy (non-hydrogen) atoms. The second-order valence-electron chi connectivity index (χ2n) is 3.61. The van der Waals surface area contributed by atoms with Crippen molar-refractivity contribution in [3.63, 3.8) is 0 Å². The zero-order chi connectivity index (χ0) is 11.3. The molecule has 2 N–H and O–H groups in total. The van der Waals surface area contributed by atoms with Gasteiger partial charge in [0.05, 0.1) is 0 Å². The van der Waals surface area contributed by atoms with Gasteiger partial charge in [0.1, 0.15) is 6.61 Å². The van der Waals surface area contributed by atoms with Crippen LogP contribution < -0.4 is 5.73 Å². The molecule has 0 bridgehead atoms. The van der Waals surface area contributed by atoms with Crippen LogP contribution in [0.3, 0.4) is 0 Å². The van der Waals surface area contributed by atoms with Crippen LogP contribution in [-0.4, -0.2) is 23.6 Å². The van der Waals surface area contributed by atoms with Crippen molar-refractivity contribution >= 4 is 0 Å². The molecule has 4 nitrogen and oxygen atoms in total. The Bertz CT molecular complexity index is 303. The van der Waals surface area contributed by atoms with E-state index in [2.05, 4.69) is 9.97 Å². The first-order valence-electron chi connectivity index (χ1n) is 5.21. The van der Waals surface area contributed by atoms with E-state index in [-0.39, 0.29) is 0 Å². The van der Waals surface area contributed by atoms with Gasteiger partial charge in [-0.05, 0) is 38.8 Å². The van der Waals surface area contributed by atoms with Crippen LogP contribution in [0, 0.1) is 13.8 Å². The van der Waals surface area contributed by atoms with Crippen molar-refractivity contribution in [2.45, 2.75) is 33.3 Å². The summed E-state index contributed by atoms with van der Waals surface area (Å²) < 4.78 is 5.01. The summed E-state index contributed by atoms with van der Waals surface area (Å²) in [4.78, 5) is 8.80. The van der Waals surface area contributed by atoms with Crippen LogP contribution in [-0.2, 0) is 17.8 Å². The number of nitrogens with zero attached hydrogens (tertiary/aromatic N) is 2. The fraction of sp³-hybridized carbons (Fsp3) is 0.636. The molecule has 0 atom stereocenters. The van der Waals surface area contributed by atoms with Gasteiger partial charge in [-0.15, -0.1) is 0 Å². The number of aryl methyl sites for hydroxylation is 2. The number of hydrogen-bond acceptors (Lipinski definition) is 4. The number of methoxy groups -OCH3 is 1. The van der Waals surface area contributed by atoms with Gasteiger partial charge in [0.25, 0.3) is 0 Å². The molecular weight excluding hydrogens is 190 g/mol.